The topological polar surface area (TPSA) is 9.23 Å². The molecule has 0 N–H and O–H groups in total. The molecule has 3 aromatic rings. The highest BCUT2D eigenvalue weighted by Crippen LogP contribution is 2.55. The molecule has 3 rings (SSSR count). The van der Waals surface area contributed by atoms with Crippen molar-refractivity contribution in [3.05, 3.63) is 91.0 Å². The summed E-state index contributed by atoms with van der Waals surface area (Å²) in [5.41, 5.74) is -0.177. The minimum atomic E-state index is -1.87. The second-order valence-corrected chi connectivity index (χ2v) is 10.6. The molecule has 0 heterocycles. The van der Waals surface area contributed by atoms with E-state index in [1.165, 1.54) is 15.9 Å². The van der Waals surface area contributed by atoms with Gasteiger partial charge in [-0.1, -0.05) is 54.6 Å². The normalized spacial score (nSPS) is 12.1. The third kappa shape index (κ3) is 4.00. The van der Waals surface area contributed by atoms with Gasteiger partial charge in [-0.15, -0.1) is 0 Å². The zero-order chi connectivity index (χ0) is 17.8. The Morgan fingerprint density at radius 2 is 0.920 bits per heavy atom. The first-order valence-corrected chi connectivity index (χ1v) is 10.7. The lowest BCUT2D eigenvalue weighted by molar-refractivity contribution is 0.0267. The fourth-order valence-corrected chi connectivity index (χ4v) is 6.97. The molecule has 2 heteroatoms. The van der Waals surface area contributed by atoms with Crippen LogP contribution in [-0.4, -0.2) is 11.9 Å². The van der Waals surface area contributed by atoms with Gasteiger partial charge in [0.15, 0.2) is 6.35 Å². The van der Waals surface area contributed by atoms with Crippen molar-refractivity contribution >= 4 is 23.2 Å². The maximum absolute atomic E-state index is 6.41. The molecule has 0 bridgehead atoms. The zero-order valence-corrected chi connectivity index (χ0v) is 16.1. The Morgan fingerprint density at radius 1 is 0.600 bits per heavy atom. The van der Waals surface area contributed by atoms with Crippen LogP contribution >= 0.6 is 7.26 Å². The molecular formula is C23H26OP+. The van der Waals surface area contributed by atoms with Crippen LogP contribution in [0, 0.1) is 0 Å². The second kappa shape index (κ2) is 7.52. The van der Waals surface area contributed by atoms with Crippen LogP contribution in [-0.2, 0) is 4.74 Å². The summed E-state index contributed by atoms with van der Waals surface area (Å²) < 4.78 is 6.41. The van der Waals surface area contributed by atoms with E-state index < -0.39 is 7.26 Å². The number of hydrogen-bond acceptors (Lipinski definition) is 1. The lowest BCUT2D eigenvalue weighted by Crippen LogP contribution is -2.36. The van der Waals surface area contributed by atoms with E-state index in [2.05, 4.69) is 112 Å². The molecule has 0 aromatic heterocycles. The van der Waals surface area contributed by atoms with Crippen LogP contribution in [0.15, 0.2) is 91.0 Å². The fraction of sp³-hybridized carbons (Fsp3) is 0.217. The van der Waals surface area contributed by atoms with E-state index in [0.717, 1.165) is 0 Å². The Hall–Kier alpha value is -1.95. The number of ether oxygens (including phenoxy) is 1. The van der Waals surface area contributed by atoms with Gasteiger partial charge in [0.2, 0.25) is 0 Å². The van der Waals surface area contributed by atoms with Gasteiger partial charge >= 0.3 is 0 Å². The van der Waals surface area contributed by atoms with Crippen molar-refractivity contribution in [2.24, 2.45) is 0 Å². The highest BCUT2D eigenvalue weighted by atomic mass is 31.2. The highest BCUT2D eigenvalue weighted by Gasteiger charge is 2.46. The first kappa shape index (κ1) is 17.9. The minimum Gasteiger partial charge on any atom is -0.339 e. The van der Waals surface area contributed by atoms with Crippen LogP contribution in [0.1, 0.15) is 20.8 Å². The van der Waals surface area contributed by atoms with Crippen molar-refractivity contribution in [2.75, 3.05) is 6.35 Å². The molecule has 3 aromatic carbocycles. The molecule has 0 aliphatic rings. The van der Waals surface area contributed by atoms with Crippen LogP contribution in [0.25, 0.3) is 0 Å². The van der Waals surface area contributed by atoms with Gasteiger partial charge in [-0.05, 0) is 57.2 Å². The molecular weight excluding hydrogens is 323 g/mol. The summed E-state index contributed by atoms with van der Waals surface area (Å²) in [6.45, 7) is 6.38. The lowest BCUT2D eigenvalue weighted by Gasteiger charge is -2.30. The summed E-state index contributed by atoms with van der Waals surface area (Å²) in [4.78, 5) is 0. The second-order valence-electron chi connectivity index (χ2n) is 7.20. The van der Waals surface area contributed by atoms with Crippen LogP contribution in [0.2, 0.25) is 0 Å². The van der Waals surface area contributed by atoms with E-state index in [0.29, 0.717) is 6.35 Å². The molecule has 25 heavy (non-hydrogen) atoms. The summed E-state index contributed by atoms with van der Waals surface area (Å²) in [7, 11) is -1.87. The molecule has 0 aliphatic heterocycles. The van der Waals surface area contributed by atoms with Gasteiger partial charge in [0, 0.05) is 0 Å². The first-order valence-electron chi connectivity index (χ1n) is 8.71. The van der Waals surface area contributed by atoms with Gasteiger partial charge in [0.25, 0.3) is 0 Å². The summed E-state index contributed by atoms with van der Waals surface area (Å²) in [5, 5.41) is 4.07. The fourth-order valence-electron chi connectivity index (χ4n) is 3.01. The number of rotatable bonds is 5. The average molecular weight is 349 g/mol. The largest absolute Gasteiger partial charge is 0.339 e. The van der Waals surface area contributed by atoms with Gasteiger partial charge < -0.3 is 4.74 Å². The van der Waals surface area contributed by atoms with E-state index >= 15 is 0 Å². The van der Waals surface area contributed by atoms with E-state index in [9.17, 15) is 0 Å². The van der Waals surface area contributed by atoms with Gasteiger partial charge in [-0.25, -0.2) is 0 Å². The molecule has 0 atom stereocenters. The molecule has 1 nitrogen and oxygen atoms in total. The van der Waals surface area contributed by atoms with Gasteiger partial charge in [0.05, 0.1) is 5.60 Å². The monoisotopic (exact) mass is 349 g/mol. The standard InChI is InChI=1S/C23H26OP/c1-23(2,3)24-19-25(20-13-7-4-8-14-20,21-15-9-5-10-16-21)22-17-11-6-12-18-22/h4-18H,19H2,1-3H3/q+1. The summed E-state index contributed by atoms with van der Waals surface area (Å²) in [6, 6.07) is 32.5. The maximum Gasteiger partial charge on any atom is 0.172 e. The van der Waals surface area contributed by atoms with E-state index in [-0.39, 0.29) is 5.60 Å². The minimum absolute atomic E-state index is 0.177. The molecule has 0 aliphatic carbocycles. The Balaban J connectivity index is 2.24. The van der Waals surface area contributed by atoms with Crippen molar-refractivity contribution in [2.45, 2.75) is 26.4 Å². The summed E-state index contributed by atoms with van der Waals surface area (Å²) >= 11 is 0. The van der Waals surface area contributed by atoms with E-state index in [4.69, 9.17) is 4.74 Å². The third-order valence-electron chi connectivity index (χ3n) is 4.28. The third-order valence-corrected chi connectivity index (χ3v) is 8.34. The molecule has 0 fully saturated rings. The molecule has 0 spiro atoms. The predicted molar refractivity (Wildman–Crippen MR) is 111 cm³/mol. The average Bonchev–Trinajstić information content (AvgIpc) is 2.64. The molecule has 128 valence electrons. The van der Waals surface area contributed by atoms with E-state index in [1.54, 1.807) is 0 Å². The van der Waals surface area contributed by atoms with Crippen molar-refractivity contribution in [1.82, 2.24) is 0 Å². The van der Waals surface area contributed by atoms with E-state index in [1.807, 2.05) is 0 Å². The molecule has 0 radical (unpaired) electrons. The van der Waals surface area contributed by atoms with Crippen LogP contribution in [0.5, 0.6) is 0 Å². The van der Waals surface area contributed by atoms with Crippen LogP contribution in [0.3, 0.4) is 0 Å². The first-order chi connectivity index (χ1) is 12.0. The van der Waals surface area contributed by atoms with Gasteiger partial charge in [-0.2, -0.15) is 0 Å². The van der Waals surface area contributed by atoms with Crippen LogP contribution in [0.4, 0.5) is 0 Å². The molecule has 0 amide bonds. The quantitative estimate of drug-likeness (QED) is 0.604. The van der Waals surface area contributed by atoms with Crippen molar-refractivity contribution in [3.8, 4) is 0 Å². The SMILES string of the molecule is CC(C)(C)OC[P+](c1ccccc1)(c1ccccc1)c1ccccc1. The maximum atomic E-state index is 6.41. The Morgan fingerprint density at radius 3 is 1.20 bits per heavy atom. The Kier molecular flexibility index (Phi) is 5.37. The summed E-state index contributed by atoms with van der Waals surface area (Å²) in [6.07, 6.45) is 0.703. The van der Waals surface area contributed by atoms with Crippen molar-refractivity contribution < 1.29 is 4.74 Å². The molecule has 0 saturated carbocycles. The molecule has 0 unspecified atom stereocenters. The van der Waals surface area contributed by atoms with Crippen molar-refractivity contribution in [3.63, 3.8) is 0 Å². The predicted octanol–water partition coefficient (Wildman–Crippen LogP) is 4.75. The Bertz CT molecular complexity index is 680. The summed E-state index contributed by atoms with van der Waals surface area (Å²) in [5.74, 6) is 0. The zero-order valence-electron chi connectivity index (χ0n) is 15.2. The number of benzene rings is 3. The van der Waals surface area contributed by atoms with Gasteiger partial charge in [-0.3, -0.25) is 0 Å². The van der Waals surface area contributed by atoms with Crippen molar-refractivity contribution in [1.29, 1.82) is 0 Å². The van der Waals surface area contributed by atoms with Gasteiger partial charge in [0.1, 0.15) is 23.2 Å². The number of hydrogen-bond donors (Lipinski definition) is 0. The lowest BCUT2D eigenvalue weighted by atomic mass is 10.2. The highest BCUT2D eigenvalue weighted by molar-refractivity contribution is 7.95. The Labute approximate surface area is 152 Å². The molecule has 0 saturated heterocycles. The van der Waals surface area contributed by atoms with Crippen LogP contribution < -0.4 is 15.9 Å². The smallest absolute Gasteiger partial charge is 0.172 e.